The van der Waals surface area contributed by atoms with Crippen molar-refractivity contribution in [2.45, 2.75) is 64.5 Å². The van der Waals surface area contributed by atoms with Gasteiger partial charge in [-0.15, -0.1) is 0 Å². The lowest BCUT2D eigenvalue weighted by Crippen LogP contribution is -2.60. The number of hydrogen-bond acceptors (Lipinski definition) is 7. The van der Waals surface area contributed by atoms with E-state index < -0.39 is 37.3 Å². The van der Waals surface area contributed by atoms with Gasteiger partial charge in [0.2, 0.25) is 6.29 Å². The van der Waals surface area contributed by atoms with Gasteiger partial charge in [0.15, 0.2) is 0 Å². The molecule has 1 aromatic carbocycles. The van der Waals surface area contributed by atoms with E-state index in [4.69, 9.17) is 9.47 Å². The lowest BCUT2D eigenvalue weighted by molar-refractivity contribution is -0.277. The standard InChI is InChI=1S/C18H28O7/c1-18(2,3)7-11-6-10(8-19)4-5-12(11)24-17-16(23)15(22)14(21)13(9-20)25-17/h4-6,13-17,19-23H,7-9H2,1-3H3. The summed E-state index contributed by atoms with van der Waals surface area (Å²) in [6, 6.07) is 5.20. The van der Waals surface area contributed by atoms with Gasteiger partial charge in [-0.3, -0.25) is 0 Å². The third kappa shape index (κ3) is 4.91. The predicted molar refractivity (Wildman–Crippen MR) is 89.9 cm³/mol. The van der Waals surface area contributed by atoms with Crippen LogP contribution in [-0.4, -0.2) is 62.8 Å². The van der Waals surface area contributed by atoms with Crippen molar-refractivity contribution in [3.63, 3.8) is 0 Å². The smallest absolute Gasteiger partial charge is 0.229 e. The van der Waals surface area contributed by atoms with Gasteiger partial charge in [0, 0.05) is 0 Å². The molecule has 0 amide bonds. The molecule has 142 valence electrons. The Morgan fingerprint density at radius 2 is 1.72 bits per heavy atom. The molecular formula is C18H28O7. The summed E-state index contributed by atoms with van der Waals surface area (Å²) in [6.07, 6.45) is -5.96. The average molecular weight is 356 g/mol. The SMILES string of the molecule is CC(C)(C)Cc1cc(CO)ccc1OC1OC(CO)C(O)C(O)C1O. The first-order valence-corrected chi connectivity index (χ1v) is 8.36. The molecule has 5 unspecified atom stereocenters. The molecule has 0 bridgehead atoms. The molecule has 7 heteroatoms. The summed E-state index contributed by atoms with van der Waals surface area (Å²) in [6.45, 7) is 5.59. The Morgan fingerprint density at radius 3 is 2.28 bits per heavy atom. The summed E-state index contributed by atoms with van der Waals surface area (Å²) in [7, 11) is 0. The van der Waals surface area contributed by atoms with Gasteiger partial charge in [-0.2, -0.15) is 0 Å². The van der Waals surface area contributed by atoms with Crippen LogP contribution >= 0.6 is 0 Å². The lowest BCUT2D eigenvalue weighted by atomic mass is 9.87. The van der Waals surface area contributed by atoms with Crippen molar-refractivity contribution in [2.24, 2.45) is 5.41 Å². The van der Waals surface area contributed by atoms with Crippen LogP contribution in [0.5, 0.6) is 5.75 Å². The normalized spacial score (nSPS) is 30.3. The van der Waals surface area contributed by atoms with Crippen molar-refractivity contribution in [2.75, 3.05) is 6.61 Å². The summed E-state index contributed by atoms with van der Waals surface area (Å²) >= 11 is 0. The van der Waals surface area contributed by atoms with Gasteiger partial charge in [0.05, 0.1) is 13.2 Å². The van der Waals surface area contributed by atoms with Crippen molar-refractivity contribution >= 4 is 0 Å². The number of hydrogen-bond donors (Lipinski definition) is 5. The maximum absolute atomic E-state index is 10.1. The molecule has 0 aromatic heterocycles. The molecule has 1 heterocycles. The van der Waals surface area contributed by atoms with Crippen molar-refractivity contribution in [3.8, 4) is 5.75 Å². The molecule has 0 radical (unpaired) electrons. The molecule has 5 N–H and O–H groups in total. The number of aliphatic hydroxyl groups is 5. The van der Waals surface area contributed by atoms with E-state index in [0.29, 0.717) is 12.2 Å². The summed E-state index contributed by atoms with van der Waals surface area (Å²) in [5.41, 5.74) is 1.53. The topological polar surface area (TPSA) is 120 Å². The minimum Gasteiger partial charge on any atom is -0.462 e. The minimum atomic E-state index is -1.49. The molecule has 1 aliphatic heterocycles. The molecule has 0 spiro atoms. The van der Waals surface area contributed by atoms with Crippen LogP contribution in [0.1, 0.15) is 31.9 Å². The van der Waals surface area contributed by atoms with Crippen LogP contribution in [0.15, 0.2) is 18.2 Å². The molecule has 1 saturated heterocycles. The molecular weight excluding hydrogens is 328 g/mol. The second kappa shape index (κ2) is 7.99. The van der Waals surface area contributed by atoms with Gasteiger partial charge in [0.1, 0.15) is 30.2 Å². The predicted octanol–water partition coefficient (Wildman–Crippen LogP) is -0.0538. The van der Waals surface area contributed by atoms with Crippen molar-refractivity contribution in [1.29, 1.82) is 0 Å². The first kappa shape index (κ1) is 20.1. The molecule has 1 aliphatic rings. The molecule has 0 saturated carbocycles. The molecule has 0 aliphatic carbocycles. The van der Waals surface area contributed by atoms with Crippen LogP contribution in [0.2, 0.25) is 0 Å². The summed E-state index contributed by atoms with van der Waals surface area (Å²) in [5.74, 6) is 0.455. The Hall–Kier alpha value is -1.22. The second-order valence-corrected chi connectivity index (χ2v) is 7.65. The highest BCUT2D eigenvalue weighted by molar-refractivity contribution is 5.38. The van der Waals surface area contributed by atoms with Gasteiger partial charge in [0.25, 0.3) is 0 Å². The van der Waals surface area contributed by atoms with Gasteiger partial charge >= 0.3 is 0 Å². The van der Waals surface area contributed by atoms with Gasteiger partial charge in [-0.1, -0.05) is 26.8 Å². The Balaban J connectivity index is 2.26. The number of ether oxygens (including phenoxy) is 2. The fraction of sp³-hybridized carbons (Fsp3) is 0.667. The van der Waals surface area contributed by atoms with E-state index in [1.54, 1.807) is 12.1 Å². The Labute approximate surface area is 147 Å². The van der Waals surface area contributed by atoms with Crippen LogP contribution in [0.25, 0.3) is 0 Å². The van der Waals surface area contributed by atoms with E-state index >= 15 is 0 Å². The van der Waals surface area contributed by atoms with Crippen LogP contribution in [0.3, 0.4) is 0 Å². The van der Waals surface area contributed by atoms with E-state index in [1.165, 1.54) is 0 Å². The molecule has 1 fully saturated rings. The minimum absolute atomic E-state index is 0.0401. The number of aliphatic hydroxyl groups excluding tert-OH is 5. The zero-order valence-electron chi connectivity index (χ0n) is 14.8. The Morgan fingerprint density at radius 1 is 1.04 bits per heavy atom. The van der Waals surface area contributed by atoms with Crippen molar-refractivity contribution < 1.29 is 35.0 Å². The zero-order chi connectivity index (χ0) is 18.8. The molecule has 5 atom stereocenters. The highest BCUT2D eigenvalue weighted by Gasteiger charge is 2.44. The summed E-state index contributed by atoms with van der Waals surface area (Å²) < 4.78 is 11.2. The fourth-order valence-electron chi connectivity index (χ4n) is 2.85. The van der Waals surface area contributed by atoms with E-state index in [2.05, 4.69) is 20.8 Å². The van der Waals surface area contributed by atoms with E-state index in [9.17, 15) is 25.5 Å². The highest BCUT2D eigenvalue weighted by Crippen LogP contribution is 2.31. The average Bonchev–Trinajstić information content (AvgIpc) is 2.55. The van der Waals surface area contributed by atoms with Gasteiger partial charge < -0.3 is 35.0 Å². The van der Waals surface area contributed by atoms with Crippen LogP contribution in [0.4, 0.5) is 0 Å². The Kier molecular flexibility index (Phi) is 6.42. The maximum atomic E-state index is 10.1. The van der Waals surface area contributed by atoms with Crippen LogP contribution in [0, 0.1) is 5.41 Å². The first-order valence-electron chi connectivity index (χ1n) is 8.36. The molecule has 1 aromatic rings. The maximum Gasteiger partial charge on any atom is 0.229 e. The molecule has 7 nitrogen and oxygen atoms in total. The number of benzene rings is 1. The first-order chi connectivity index (χ1) is 11.7. The number of rotatable bonds is 5. The van der Waals surface area contributed by atoms with E-state index in [1.807, 2.05) is 6.07 Å². The van der Waals surface area contributed by atoms with Crippen molar-refractivity contribution in [1.82, 2.24) is 0 Å². The quantitative estimate of drug-likeness (QED) is 0.502. The third-order valence-corrected chi connectivity index (χ3v) is 4.12. The monoisotopic (exact) mass is 356 g/mol. The zero-order valence-corrected chi connectivity index (χ0v) is 14.8. The van der Waals surface area contributed by atoms with Crippen LogP contribution < -0.4 is 4.74 Å². The van der Waals surface area contributed by atoms with Gasteiger partial charge in [-0.05, 0) is 35.1 Å². The highest BCUT2D eigenvalue weighted by atomic mass is 16.7. The molecule has 2 rings (SSSR count). The Bertz CT molecular complexity index is 567. The van der Waals surface area contributed by atoms with Crippen LogP contribution in [-0.2, 0) is 17.8 Å². The van der Waals surface area contributed by atoms with Gasteiger partial charge in [-0.25, -0.2) is 0 Å². The lowest BCUT2D eigenvalue weighted by Gasteiger charge is -2.39. The fourth-order valence-corrected chi connectivity index (χ4v) is 2.85. The third-order valence-electron chi connectivity index (χ3n) is 4.12. The summed E-state index contributed by atoms with van der Waals surface area (Å²) in [4.78, 5) is 0. The van der Waals surface area contributed by atoms with Crippen molar-refractivity contribution in [3.05, 3.63) is 29.3 Å². The summed E-state index contributed by atoms with van der Waals surface area (Å²) in [5, 5.41) is 48.5. The van der Waals surface area contributed by atoms with E-state index in [0.717, 1.165) is 11.1 Å². The largest absolute Gasteiger partial charge is 0.462 e. The second-order valence-electron chi connectivity index (χ2n) is 7.65. The van der Waals surface area contributed by atoms with E-state index in [-0.39, 0.29) is 12.0 Å². The molecule has 25 heavy (non-hydrogen) atoms.